The molecule has 2 aliphatic heterocycles. The molecule has 0 radical (unpaired) electrons. The van der Waals surface area contributed by atoms with E-state index in [9.17, 15) is 0 Å². The SMILES string of the molecule is CN1CCC2CNC(C)(C)C[C@H]2C1. The number of nitrogens with zero attached hydrogens (tertiary/aromatic N) is 1. The monoisotopic (exact) mass is 182 g/mol. The van der Waals surface area contributed by atoms with Gasteiger partial charge in [0.2, 0.25) is 0 Å². The topological polar surface area (TPSA) is 15.3 Å². The van der Waals surface area contributed by atoms with Gasteiger partial charge < -0.3 is 10.2 Å². The maximum absolute atomic E-state index is 3.65. The predicted molar refractivity (Wildman–Crippen MR) is 55.8 cm³/mol. The lowest BCUT2D eigenvalue weighted by atomic mass is 9.74. The van der Waals surface area contributed by atoms with Crippen LogP contribution in [0.2, 0.25) is 0 Å². The number of fused-ring (bicyclic) bond motifs is 1. The van der Waals surface area contributed by atoms with Gasteiger partial charge in [-0.3, -0.25) is 0 Å². The van der Waals surface area contributed by atoms with E-state index in [1.807, 2.05) is 0 Å². The van der Waals surface area contributed by atoms with Gasteiger partial charge in [0.1, 0.15) is 0 Å². The summed E-state index contributed by atoms with van der Waals surface area (Å²) in [6.07, 6.45) is 2.74. The molecule has 2 heterocycles. The normalized spacial score (nSPS) is 39.9. The minimum absolute atomic E-state index is 0.374. The van der Waals surface area contributed by atoms with Crippen LogP contribution in [0.5, 0.6) is 0 Å². The number of rotatable bonds is 0. The molecule has 0 spiro atoms. The number of nitrogens with one attached hydrogen (secondary N) is 1. The fraction of sp³-hybridized carbons (Fsp3) is 1.00. The van der Waals surface area contributed by atoms with E-state index in [1.165, 1.54) is 32.5 Å². The first-order chi connectivity index (χ1) is 6.07. The van der Waals surface area contributed by atoms with Crippen molar-refractivity contribution in [3.05, 3.63) is 0 Å². The van der Waals surface area contributed by atoms with Crippen molar-refractivity contribution >= 4 is 0 Å². The summed E-state index contributed by atoms with van der Waals surface area (Å²) >= 11 is 0. The highest BCUT2D eigenvalue weighted by molar-refractivity contribution is 4.93. The lowest BCUT2D eigenvalue weighted by Crippen LogP contribution is -2.55. The van der Waals surface area contributed by atoms with Crippen LogP contribution in [-0.4, -0.2) is 37.1 Å². The Labute approximate surface area is 81.7 Å². The van der Waals surface area contributed by atoms with Gasteiger partial charge in [-0.15, -0.1) is 0 Å². The average Bonchev–Trinajstić information content (AvgIpc) is 2.01. The lowest BCUT2D eigenvalue weighted by Gasteiger charge is -2.46. The van der Waals surface area contributed by atoms with Gasteiger partial charge in [-0.25, -0.2) is 0 Å². The Morgan fingerprint density at radius 2 is 2.08 bits per heavy atom. The van der Waals surface area contributed by atoms with Crippen molar-refractivity contribution < 1.29 is 0 Å². The third kappa shape index (κ3) is 2.05. The van der Waals surface area contributed by atoms with E-state index < -0.39 is 0 Å². The second-order valence-electron chi connectivity index (χ2n) is 5.54. The molecule has 2 nitrogen and oxygen atoms in total. The van der Waals surface area contributed by atoms with Gasteiger partial charge in [-0.2, -0.15) is 0 Å². The van der Waals surface area contributed by atoms with Crippen LogP contribution in [-0.2, 0) is 0 Å². The van der Waals surface area contributed by atoms with Gasteiger partial charge >= 0.3 is 0 Å². The summed E-state index contributed by atoms with van der Waals surface area (Å²) in [5.41, 5.74) is 0.374. The Hall–Kier alpha value is -0.0800. The van der Waals surface area contributed by atoms with Crippen molar-refractivity contribution in [2.24, 2.45) is 11.8 Å². The molecule has 13 heavy (non-hydrogen) atoms. The van der Waals surface area contributed by atoms with E-state index in [1.54, 1.807) is 0 Å². The van der Waals surface area contributed by atoms with Crippen LogP contribution >= 0.6 is 0 Å². The van der Waals surface area contributed by atoms with Gasteiger partial charge in [0, 0.05) is 12.1 Å². The zero-order valence-corrected chi connectivity index (χ0v) is 9.14. The largest absolute Gasteiger partial charge is 0.311 e. The lowest BCUT2D eigenvalue weighted by molar-refractivity contribution is 0.0731. The summed E-state index contributed by atoms with van der Waals surface area (Å²) in [5.74, 6) is 1.89. The first kappa shape index (κ1) is 9.47. The molecule has 0 aliphatic carbocycles. The highest BCUT2D eigenvalue weighted by Crippen LogP contribution is 2.33. The molecule has 0 aromatic carbocycles. The van der Waals surface area contributed by atoms with Crippen LogP contribution in [0.3, 0.4) is 0 Å². The van der Waals surface area contributed by atoms with Crippen molar-refractivity contribution in [1.29, 1.82) is 0 Å². The molecular formula is C11H22N2. The highest BCUT2D eigenvalue weighted by atomic mass is 15.1. The maximum atomic E-state index is 3.65. The summed E-state index contributed by atoms with van der Waals surface area (Å²) in [6, 6.07) is 0. The molecule has 0 aromatic heterocycles. The number of hydrogen-bond donors (Lipinski definition) is 1. The predicted octanol–water partition coefficient (Wildman–Crippen LogP) is 1.33. The molecule has 2 heteroatoms. The van der Waals surface area contributed by atoms with Crippen molar-refractivity contribution in [3.8, 4) is 0 Å². The quantitative estimate of drug-likeness (QED) is 0.608. The third-order valence-corrected chi connectivity index (χ3v) is 3.71. The molecule has 76 valence electrons. The summed E-state index contributed by atoms with van der Waals surface area (Å²) < 4.78 is 0. The molecular weight excluding hydrogens is 160 g/mol. The van der Waals surface area contributed by atoms with Crippen LogP contribution in [0.1, 0.15) is 26.7 Å². The highest BCUT2D eigenvalue weighted by Gasteiger charge is 2.36. The molecule has 2 saturated heterocycles. The standard InChI is InChI=1S/C11H22N2/c1-11(2)6-10-8-13(3)5-4-9(10)7-12-11/h9-10,12H,4-8H2,1-3H3/t9?,10-/m0/s1. The summed E-state index contributed by atoms with van der Waals surface area (Å²) in [5, 5.41) is 3.65. The van der Waals surface area contributed by atoms with Gasteiger partial charge in [-0.05, 0) is 58.7 Å². The van der Waals surface area contributed by atoms with Crippen LogP contribution in [0.15, 0.2) is 0 Å². The molecule has 1 N–H and O–H groups in total. The molecule has 0 saturated carbocycles. The second kappa shape index (κ2) is 3.25. The fourth-order valence-electron chi connectivity index (χ4n) is 2.90. The average molecular weight is 182 g/mol. The van der Waals surface area contributed by atoms with Gasteiger partial charge in [-0.1, -0.05) is 0 Å². The van der Waals surface area contributed by atoms with E-state index in [0.29, 0.717) is 5.54 Å². The van der Waals surface area contributed by atoms with Crippen LogP contribution in [0, 0.1) is 11.8 Å². The minimum atomic E-state index is 0.374. The molecule has 0 aromatic rings. The zero-order valence-electron chi connectivity index (χ0n) is 9.14. The Kier molecular flexibility index (Phi) is 2.37. The van der Waals surface area contributed by atoms with E-state index in [-0.39, 0.29) is 0 Å². The summed E-state index contributed by atoms with van der Waals surface area (Å²) in [4.78, 5) is 2.49. The molecule has 2 rings (SSSR count). The number of likely N-dealkylation sites (tertiary alicyclic amines) is 1. The molecule has 0 amide bonds. The second-order valence-corrected chi connectivity index (χ2v) is 5.54. The van der Waals surface area contributed by atoms with Gasteiger partial charge in [0.25, 0.3) is 0 Å². The van der Waals surface area contributed by atoms with Gasteiger partial charge in [0.15, 0.2) is 0 Å². The van der Waals surface area contributed by atoms with Crippen molar-refractivity contribution in [1.82, 2.24) is 10.2 Å². The third-order valence-electron chi connectivity index (χ3n) is 3.71. The number of hydrogen-bond acceptors (Lipinski definition) is 2. The van der Waals surface area contributed by atoms with Crippen LogP contribution in [0.25, 0.3) is 0 Å². The Balaban J connectivity index is 2.00. The summed E-state index contributed by atoms with van der Waals surface area (Å²) in [6.45, 7) is 8.51. The van der Waals surface area contributed by atoms with E-state index in [0.717, 1.165) is 11.8 Å². The molecule has 0 bridgehead atoms. The van der Waals surface area contributed by atoms with E-state index in [4.69, 9.17) is 0 Å². The summed E-state index contributed by atoms with van der Waals surface area (Å²) in [7, 11) is 2.26. The zero-order chi connectivity index (χ0) is 9.47. The Morgan fingerprint density at radius 3 is 2.85 bits per heavy atom. The maximum Gasteiger partial charge on any atom is 0.0128 e. The van der Waals surface area contributed by atoms with Crippen LogP contribution in [0.4, 0.5) is 0 Å². The van der Waals surface area contributed by atoms with Crippen molar-refractivity contribution in [2.75, 3.05) is 26.7 Å². The Morgan fingerprint density at radius 1 is 1.31 bits per heavy atom. The molecule has 2 atom stereocenters. The fourth-order valence-corrected chi connectivity index (χ4v) is 2.90. The van der Waals surface area contributed by atoms with Crippen molar-refractivity contribution in [2.45, 2.75) is 32.2 Å². The minimum Gasteiger partial charge on any atom is -0.311 e. The van der Waals surface area contributed by atoms with E-state index in [2.05, 4.69) is 31.1 Å². The van der Waals surface area contributed by atoms with E-state index >= 15 is 0 Å². The smallest absolute Gasteiger partial charge is 0.0128 e. The molecule has 2 aliphatic rings. The molecule has 1 unspecified atom stereocenters. The molecule has 2 fully saturated rings. The van der Waals surface area contributed by atoms with Gasteiger partial charge in [0.05, 0.1) is 0 Å². The Bertz CT molecular complexity index is 189. The van der Waals surface area contributed by atoms with Crippen LogP contribution < -0.4 is 5.32 Å². The van der Waals surface area contributed by atoms with Crippen molar-refractivity contribution in [3.63, 3.8) is 0 Å². The first-order valence-electron chi connectivity index (χ1n) is 5.50. The number of piperidine rings is 2. The first-order valence-corrected chi connectivity index (χ1v) is 5.50.